The van der Waals surface area contributed by atoms with Crippen molar-refractivity contribution in [2.75, 3.05) is 13.2 Å². The largest absolute Gasteiger partial charge is 0.378 e. The number of rotatable bonds is 2. The van der Waals surface area contributed by atoms with Gasteiger partial charge in [-0.1, -0.05) is 32.9 Å². The van der Waals surface area contributed by atoms with E-state index in [2.05, 4.69) is 46.8 Å². The minimum absolute atomic E-state index is 0.132. The van der Waals surface area contributed by atoms with Crippen LogP contribution in [0.3, 0.4) is 0 Å². The van der Waals surface area contributed by atoms with E-state index in [1.54, 1.807) is 6.92 Å². The molecule has 0 bridgehead atoms. The first-order valence-corrected chi connectivity index (χ1v) is 6.89. The third kappa shape index (κ3) is 2.23. The van der Waals surface area contributed by atoms with Gasteiger partial charge in [-0.3, -0.25) is 4.79 Å². The maximum Gasteiger partial charge on any atom is 0.145 e. The zero-order valence-corrected chi connectivity index (χ0v) is 12.9. The maximum absolute atomic E-state index is 12.1. The lowest BCUT2D eigenvalue weighted by atomic mass is 9.70. The molecule has 1 saturated heterocycles. The van der Waals surface area contributed by atoms with Crippen LogP contribution in [0.2, 0.25) is 0 Å². The van der Waals surface area contributed by atoms with Gasteiger partial charge in [0.05, 0.1) is 13.2 Å². The van der Waals surface area contributed by atoms with Crippen molar-refractivity contribution in [3.05, 3.63) is 34.4 Å². The Morgan fingerprint density at radius 3 is 1.89 bits per heavy atom. The minimum Gasteiger partial charge on any atom is -0.378 e. The van der Waals surface area contributed by atoms with E-state index in [0.717, 1.165) is 0 Å². The first kappa shape index (κ1) is 14.3. The molecule has 0 saturated carbocycles. The predicted molar refractivity (Wildman–Crippen MR) is 77.8 cm³/mol. The zero-order chi connectivity index (χ0) is 14.4. The molecular weight excluding hydrogens is 236 g/mol. The summed E-state index contributed by atoms with van der Waals surface area (Å²) >= 11 is 0. The molecular formula is C17H24O2. The summed E-state index contributed by atoms with van der Waals surface area (Å²) in [6, 6.07) is 4.46. The molecule has 0 aliphatic carbocycles. The summed E-state index contributed by atoms with van der Waals surface area (Å²) in [5.74, 6) is 0.216. The number of ketones is 1. The highest BCUT2D eigenvalue weighted by Gasteiger charge is 2.46. The second-order valence-corrected chi connectivity index (χ2v) is 6.87. The second-order valence-electron chi connectivity index (χ2n) is 6.87. The highest BCUT2D eigenvalue weighted by Crippen LogP contribution is 2.39. The van der Waals surface area contributed by atoms with E-state index in [9.17, 15) is 4.79 Å². The number of hydrogen-bond acceptors (Lipinski definition) is 2. The maximum atomic E-state index is 12.1. The lowest BCUT2D eigenvalue weighted by Crippen LogP contribution is -2.53. The van der Waals surface area contributed by atoms with Crippen molar-refractivity contribution in [3.8, 4) is 0 Å². The van der Waals surface area contributed by atoms with E-state index in [1.807, 2.05) is 0 Å². The van der Waals surface area contributed by atoms with E-state index >= 15 is 0 Å². The van der Waals surface area contributed by atoms with Gasteiger partial charge in [0.1, 0.15) is 11.2 Å². The summed E-state index contributed by atoms with van der Waals surface area (Å²) in [5.41, 5.74) is 4.66. The van der Waals surface area contributed by atoms with Gasteiger partial charge < -0.3 is 4.74 Å². The molecule has 0 amide bonds. The Balaban J connectivity index is 2.58. The summed E-state index contributed by atoms with van der Waals surface area (Å²) in [4.78, 5) is 12.1. The van der Waals surface area contributed by atoms with E-state index in [4.69, 9.17) is 4.74 Å². The zero-order valence-electron chi connectivity index (χ0n) is 12.9. The molecule has 0 atom stereocenters. The fourth-order valence-corrected chi connectivity index (χ4v) is 2.98. The van der Waals surface area contributed by atoms with Crippen LogP contribution in [0, 0.1) is 13.8 Å². The number of benzene rings is 1. The fraction of sp³-hybridized carbons (Fsp3) is 0.588. The fourth-order valence-electron chi connectivity index (χ4n) is 2.98. The number of Topliss-reactive ketones (excluding diaryl/α,β-unsaturated/α-hetero) is 1. The molecule has 104 valence electrons. The number of carbonyl (C=O) groups excluding carboxylic acids is 1. The van der Waals surface area contributed by atoms with Crippen LogP contribution in [0.25, 0.3) is 0 Å². The van der Waals surface area contributed by atoms with Gasteiger partial charge in [0, 0.05) is 0 Å². The molecule has 0 aromatic heterocycles. The Morgan fingerprint density at radius 2 is 1.63 bits per heavy atom. The molecule has 1 aromatic rings. The number of carbonyl (C=O) groups is 1. The van der Waals surface area contributed by atoms with Gasteiger partial charge in [0.2, 0.25) is 0 Å². The lowest BCUT2D eigenvalue weighted by Gasteiger charge is -2.42. The summed E-state index contributed by atoms with van der Waals surface area (Å²) < 4.78 is 5.34. The molecule has 1 fully saturated rings. The SMILES string of the molecule is CC(=O)C1(c2c(C)cc(C(C)(C)C)cc2C)COC1. The normalized spacial score (nSPS) is 18.0. The van der Waals surface area contributed by atoms with Gasteiger partial charge in [-0.05, 0) is 48.4 Å². The standard InChI is InChI=1S/C17H24O2/c1-11-7-14(16(4,5)6)8-12(2)15(11)17(13(3)18)9-19-10-17/h7-8H,9-10H2,1-6H3. The molecule has 1 heterocycles. The molecule has 2 nitrogen and oxygen atoms in total. The van der Waals surface area contributed by atoms with Crippen LogP contribution in [0.5, 0.6) is 0 Å². The Morgan fingerprint density at radius 1 is 1.16 bits per heavy atom. The van der Waals surface area contributed by atoms with Crippen molar-refractivity contribution in [3.63, 3.8) is 0 Å². The van der Waals surface area contributed by atoms with Gasteiger partial charge in [0.25, 0.3) is 0 Å². The molecule has 2 rings (SSSR count). The van der Waals surface area contributed by atoms with Crippen molar-refractivity contribution < 1.29 is 9.53 Å². The monoisotopic (exact) mass is 260 g/mol. The van der Waals surface area contributed by atoms with Crippen LogP contribution in [-0.2, 0) is 20.4 Å². The second kappa shape index (κ2) is 4.45. The van der Waals surface area contributed by atoms with Crippen LogP contribution >= 0.6 is 0 Å². The predicted octanol–water partition coefficient (Wildman–Crippen LogP) is 3.46. The third-order valence-corrected chi connectivity index (χ3v) is 4.25. The minimum atomic E-state index is -0.398. The smallest absolute Gasteiger partial charge is 0.145 e. The van der Waals surface area contributed by atoms with Crippen LogP contribution in [0.4, 0.5) is 0 Å². The highest BCUT2D eigenvalue weighted by molar-refractivity contribution is 5.90. The Labute approximate surface area is 116 Å². The van der Waals surface area contributed by atoms with Crippen molar-refractivity contribution in [1.82, 2.24) is 0 Å². The van der Waals surface area contributed by atoms with Gasteiger partial charge >= 0.3 is 0 Å². The van der Waals surface area contributed by atoms with Crippen molar-refractivity contribution in [1.29, 1.82) is 0 Å². The van der Waals surface area contributed by atoms with E-state index < -0.39 is 5.41 Å². The third-order valence-electron chi connectivity index (χ3n) is 4.25. The van der Waals surface area contributed by atoms with Crippen LogP contribution < -0.4 is 0 Å². The average molecular weight is 260 g/mol. The van der Waals surface area contributed by atoms with Crippen molar-refractivity contribution in [2.24, 2.45) is 0 Å². The highest BCUT2D eigenvalue weighted by atomic mass is 16.5. The van der Waals surface area contributed by atoms with E-state index in [1.165, 1.54) is 22.3 Å². The van der Waals surface area contributed by atoms with E-state index in [-0.39, 0.29) is 11.2 Å². The Kier molecular flexibility index (Phi) is 3.34. The number of hydrogen-bond donors (Lipinski definition) is 0. The molecule has 0 N–H and O–H groups in total. The molecule has 1 aliphatic heterocycles. The lowest BCUT2D eigenvalue weighted by molar-refractivity contribution is -0.140. The number of aryl methyl sites for hydroxylation is 2. The van der Waals surface area contributed by atoms with E-state index in [0.29, 0.717) is 13.2 Å². The van der Waals surface area contributed by atoms with Crippen molar-refractivity contribution in [2.45, 2.75) is 52.4 Å². The van der Waals surface area contributed by atoms with Gasteiger partial charge in [-0.25, -0.2) is 0 Å². The first-order chi connectivity index (χ1) is 8.68. The molecule has 2 heteroatoms. The van der Waals surface area contributed by atoms with Gasteiger partial charge in [-0.15, -0.1) is 0 Å². The summed E-state index contributed by atoms with van der Waals surface area (Å²) in [6.07, 6.45) is 0. The number of ether oxygens (including phenoxy) is 1. The van der Waals surface area contributed by atoms with Crippen LogP contribution in [0.15, 0.2) is 12.1 Å². The Hall–Kier alpha value is -1.15. The molecule has 0 unspecified atom stereocenters. The molecule has 19 heavy (non-hydrogen) atoms. The van der Waals surface area contributed by atoms with Crippen molar-refractivity contribution >= 4 is 5.78 Å². The summed E-state index contributed by atoms with van der Waals surface area (Å²) in [7, 11) is 0. The quantitative estimate of drug-likeness (QED) is 0.814. The molecule has 1 aliphatic rings. The summed E-state index contributed by atoms with van der Waals surface area (Å²) in [6.45, 7) is 13.6. The average Bonchev–Trinajstić information content (AvgIpc) is 2.18. The van der Waals surface area contributed by atoms with Gasteiger partial charge in [0.15, 0.2) is 0 Å². The van der Waals surface area contributed by atoms with Crippen LogP contribution in [0.1, 0.15) is 49.9 Å². The molecule has 1 aromatic carbocycles. The topological polar surface area (TPSA) is 26.3 Å². The molecule has 0 radical (unpaired) electrons. The molecule has 0 spiro atoms. The van der Waals surface area contributed by atoms with Crippen LogP contribution in [-0.4, -0.2) is 19.0 Å². The first-order valence-electron chi connectivity index (χ1n) is 6.89. The van der Waals surface area contributed by atoms with Gasteiger partial charge in [-0.2, -0.15) is 0 Å². The Bertz CT molecular complexity index is 494. The summed E-state index contributed by atoms with van der Waals surface area (Å²) in [5, 5.41) is 0.